The summed E-state index contributed by atoms with van der Waals surface area (Å²) in [6, 6.07) is 10.1. The van der Waals surface area contributed by atoms with Gasteiger partial charge in [-0.1, -0.05) is 12.1 Å². The Hall–Kier alpha value is -1.99. The van der Waals surface area contributed by atoms with E-state index in [0.717, 1.165) is 9.86 Å². The van der Waals surface area contributed by atoms with Crippen LogP contribution in [0.4, 0.5) is 5.82 Å². The Labute approximate surface area is 136 Å². The molecule has 2 aromatic heterocycles. The van der Waals surface area contributed by atoms with Crippen molar-refractivity contribution in [2.24, 2.45) is 0 Å². The highest BCUT2D eigenvalue weighted by molar-refractivity contribution is 9.10. The third kappa shape index (κ3) is 2.82. The van der Waals surface area contributed by atoms with Crippen molar-refractivity contribution in [2.45, 2.75) is 11.8 Å². The molecule has 0 unspecified atom stereocenters. The molecule has 0 saturated heterocycles. The van der Waals surface area contributed by atoms with E-state index in [1.807, 2.05) is 6.07 Å². The van der Waals surface area contributed by atoms with Gasteiger partial charge in [-0.3, -0.25) is 9.71 Å². The summed E-state index contributed by atoms with van der Waals surface area (Å²) in [6.45, 7) is 1.80. The zero-order valence-electron chi connectivity index (χ0n) is 11.6. The van der Waals surface area contributed by atoms with Gasteiger partial charge in [-0.05, 0) is 47.1 Å². The molecular formula is C15H12BrN3O2S. The van der Waals surface area contributed by atoms with Crippen molar-refractivity contribution in [2.75, 3.05) is 4.72 Å². The quantitative estimate of drug-likeness (QED) is 0.757. The predicted molar refractivity (Wildman–Crippen MR) is 89.2 cm³/mol. The molecule has 5 nitrogen and oxygen atoms in total. The monoisotopic (exact) mass is 377 g/mol. The molecule has 0 atom stereocenters. The summed E-state index contributed by atoms with van der Waals surface area (Å²) in [4.78, 5) is 8.43. The van der Waals surface area contributed by atoms with Crippen LogP contribution in [-0.4, -0.2) is 18.4 Å². The van der Waals surface area contributed by atoms with E-state index in [0.29, 0.717) is 11.1 Å². The number of nitrogens with zero attached hydrogens (tertiary/aromatic N) is 2. The molecule has 0 bridgehead atoms. The second-order valence-corrected chi connectivity index (χ2v) is 7.23. The van der Waals surface area contributed by atoms with Crippen LogP contribution in [0.3, 0.4) is 0 Å². The van der Waals surface area contributed by atoms with Crippen molar-refractivity contribution < 1.29 is 8.42 Å². The zero-order chi connectivity index (χ0) is 15.7. The molecule has 0 aliphatic rings. The highest BCUT2D eigenvalue weighted by atomic mass is 79.9. The molecule has 3 rings (SSSR count). The van der Waals surface area contributed by atoms with E-state index in [1.165, 1.54) is 0 Å². The molecule has 112 valence electrons. The normalized spacial score (nSPS) is 11.5. The van der Waals surface area contributed by atoms with Crippen LogP contribution in [0.15, 0.2) is 58.2 Å². The van der Waals surface area contributed by atoms with Crippen molar-refractivity contribution in [1.29, 1.82) is 0 Å². The Morgan fingerprint density at radius 2 is 1.95 bits per heavy atom. The van der Waals surface area contributed by atoms with Crippen LogP contribution in [0, 0.1) is 6.92 Å². The van der Waals surface area contributed by atoms with Gasteiger partial charge in [0.15, 0.2) is 0 Å². The molecule has 22 heavy (non-hydrogen) atoms. The first-order valence-electron chi connectivity index (χ1n) is 6.46. The van der Waals surface area contributed by atoms with E-state index >= 15 is 0 Å². The molecule has 1 N–H and O–H groups in total. The van der Waals surface area contributed by atoms with Gasteiger partial charge in [0.1, 0.15) is 5.82 Å². The Morgan fingerprint density at radius 3 is 2.73 bits per heavy atom. The fourth-order valence-electron chi connectivity index (χ4n) is 2.12. The van der Waals surface area contributed by atoms with Crippen molar-refractivity contribution in [1.82, 2.24) is 9.97 Å². The molecule has 0 amide bonds. The lowest BCUT2D eigenvalue weighted by atomic mass is 10.2. The third-order valence-electron chi connectivity index (χ3n) is 3.19. The number of fused-ring (bicyclic) bond motifs is 1. The number of aryl methyl sites for hydroxylation is 1. The zero-order valence-corrected chi connectivity index (χ0v) is 14.0. The van der Waals surface area contributed by atoms with Crippen molar-refractivity contribution in [3.63, 3.8) is 0 Å². The van der Waals surface area contributed by atoms with E-state index in [4.69, 9.17) is 0 Å². The molecule has 0 fully saturated rings. The van der Waals surface area contributed by atoms with Gasteiger partial charge < -0.3 is 0 Å². The molecule has 1 aromatic carbocycles. The molecule has 0 saturated carbocycles. The van der Waals surface area contributed by atoms with E-state index in [9.17, 15) is 8.42 Å². The molecular weight excluding hydrogens is 366 g/mol. The van der Waals surface area contributed by atoms with Gasteiger partial charge in [-0.25, -0.2) is 13.4 Å². The number of aromatic nitrogens is 2. The smallest absolute Gasteiger partial charge is 0.263 e. The maximum Gasteiger partial charge on any atom is 0.263 e. The first kappa shape index (κ1) is 14.9. The molecule has 0 aliphatic heterocycles. The molecule has 0 radical (unpaired) electrons. The summed E-state index contributed by atoms with van der Waals surface area (Å²) in [5.74, 6) is 0.284. The lowest BCUT2D eigenvalue weighted by Gasteiger charge is -2.10. The van der Waals surface area contributed by atoms with Crippen LogP contribution in [0.5, 0.6) is 0 Å². The number of pyridine rings is 2. The van der Waals surface area contributed by atoms with Crippen molar-refractivity contribution in [3.05, 3.63) is 59.0 Å². The summed E-state index contributed by atoms with van der Waals surface area (Å²) in [7, 11) is -3.73. The Bertz CT molecular complexity index is 953. The molecule has 2 heterocycles. The summed E-state index contributed by atoms with van der Waals surface area (Å²) < 4.78 is 28.6. The maximum atomic E-state index is 12.6. The number of nitrogens with one attached hydrogen (secondary N) is 1. The van der Waals surface area contributed by atoms with Gasteiger partial charge in [-0.2, -0.15) is 0 Å². The number of sulfonamides is 1. The van der Waals surface area contributed by atoms with E-state index < -0.39 is 10.0 Å². The number of halogens is 1. The van der Waals surface area contributed by atoms with Gasteiger partial charge >= 0.3 is 0 Å². The standard InChI is InChI=1S/C15H12BrN3O2S/c1-10-13(16)5-6-15(18-10)19-22(20,21)14-4-2-3-11-9-17-8-7-12(11)14/h2-9H,1H3,(H,18,19). The third-order valence-corrected chi connectivity index (χ3v) is 5.44. The van der Waals surface area contributed by atoms with Crippen LogP contribution in [0.25, 0.3) is 10.8 Å². The Kier molecular flexibility index (Phi) is 3.84. The average Bonchev–Trinajstić information content (AvgIpc) is 2.50. The minimum Gasteiger partial charge on any atom is -0.264 e. The Balaban J connectivity index is 2.07. The van der Waals surface area contributed by atoms with Crippen molar-refractivity contribution >= 4 is 42.5 Å². The van der Waals surface area contributed by atoms with Crippen molar-refractivity contribution in [3.8, 4) is 0 Å². The first-order chi connectivity index (χ1) is 10.5. The van der Waals surface area contributed by atoms with Crippen LogP contribution >= 0.6 is 15.9 Å². The topological polar surface area (TPSA) is 72.0 Å². The second kappa shape index (κ2) is 5.66. The van der Waals surface area contributed by atoms with E-state index in [1.54, 1.807) is 49.6 Å². The summed E-state index contributed by atoms with van der Waals surface area (Å²) in [5.41, 5.74) is 0.710. The summed E-state index contributed by atoms with van der Waals surface area (Å²) in [6.07, 6.45) is 3.21. The van der Waals surface area contributed by atoms with Crippen LogP contribution < -0.4 is 4.72 Å². The number of rotatable bonds is 3. The molecule has 0 spiro atoms. The lowest BCUT2D eigenvalue weighted by molar-refractivity contribution is 0.602. The maximum absolute atomic E-state index is 12.6. The van der Waals surface area contributed by atoms with Gasteiger partial charge in [0.2, 0.25) is 0 Å². The fourth-order valence-corrected chi connectivity index (χ4v) is 3.57. The summed E-state index contributed by atoms with van der Waals surface area (Å²) >= 11 is 3.34. The van der Waals surface area contributed by atoms with Gasteiger partial charge in [0.25, 0.3) is 10.0 Å². The molecule has 0 aliphatic carbocycles. The SMILES string of the molecule is Cc1nc(NS(=O)(=O)c2cccc3cnccc23)ccc1Br. The highest BCUT2D eigenvalue weighted by Gasteiger charge is 2.18. The van der Waals surface area contributed by atoms with E-state index in [-0.39, 0.29) is 10.7 Å². The average molecular weight is 378 g/mol. The molecule has 7 heteroatoms. The van der Waals surface area contributed by atoms with Gasteiger partial charge in [-0.15, -0.1) is 0 Å². The fraction of sp³-hybridized carbons (Fsp3) is 0.0667. The first-order valence-corrected chi connectivity index (χ1v) is 8.74. The van der Waals surface area contributed by atoms with E-state index in [2.05, 4.69) is 30.6 Å². The highest BCUT2D eigenvalue weighted by Crippen LogP contribution is 2.24. The van der Waals surface area contributed by atoms with Gasteiger partial charge in [0.05, 0.1) is 10.6 Å². The second-order valence-electron chi connectivity index (χ2n) is 4.72. The number of anilines is 1. The summed E-state index contributed by atoms with van der Waals surface area (Å²) in [5, 5.41) is 1.39. The van der Waals surface area contributed by atoms with Gasteiger partial charge in [0, 0.05) is 27.6 Å². The predicted octanol–water partition coefficient (Wildman–Crippen LogP) is 3.50. The van der Waals surface area contributed by atoms with Crippen LogP contribution in [0.1, 0.15) is 5.69 Å². The number of hydrogen-bond donors (Lipinski definition) is 1. The molecule has 3 aromatic rings. The largest absolute Gasteiger partial charge is 0.264 e. The minimum atomic E-state index is -3.73. The number of benzene rings is 1. The Morgan fingerprint density at radius 1 is 1.14 bits per heavy atom. The number of hydrogen-bond acceptors (Lipinski definition) is 4. The van der Waals surface area contributed by atoms with Crippen LogP contribution in [0.2, 0.25) is 0 Å². The minimum absolute atomic E-state index is 0.203. The van der Waals surface area contributed by atoms with Crippen LogP contribution in [-0.2, 0) is 10.0 Å². The lowest BCUT2D eigenvalue weighted by Crippen LogP contribution is -2.14.